The van der Waals surface area contributed by atoms with Gasteiger partial charge in [-0.25, -0.2) is 4.98 Å². The van der Waals surface area contributed by atoms with Crippen LogP contribution in [0.25, 0.3) is 0 Å². The van der Waals surface area contributed by atoms with Crippen molar-refractivity contribution in [2.75, 3.05) is 6.61 Å². The molecule has 1 unspecified atom stereocenters. The number of pyridine rings is 1. The molecule has 3 nitrogen and oxygen atoms in total. The number of aromatic nitrogens is 1. The second-order valence-electron chi connectivity index (χ2n) is 4.19. The van der Waals surface area contributed by atoms with Crippen LogP contribution in [0.15, 0.2) is 18.3 Å². The van der Waals surface area contributed by atoms with Crippen LogP contribution in [0.5, 0.6) is 5.88 Å². The first-order valence-corrected chi connectivity index (χ1v) is 5.60. The maximum Gasteiger partial charge on any atom is 0.417 e. The monoisotopic (exact) mass is 263 g/mol. The van der Waals surface area contributed by atoms with Crippen molar-refractivity contribution in [3.05, 3.63) is 23.9 Å². The van der Waals surface area contributed by atoms with Crippen molar-refractivity contribution < 1.29 is 22.6 Å². The van der Waals surface area contributed by atoms with E-state index < -0.39 is 11.7 Å². The lowest BCUT2D eigenvalue weighted by Crippen LogP contribution is -2.22. The van der Waals surface area contributed by atoms with E-state index in [1.807, 2.05) is 13.8 Å². The van der Waals surface area contributed by atoms with E-state index in [0.29, 0.717) is 6.61 Å². The molecule has 0 fully saturated rings. The van der Waals surface area contributed by atoms with Crippen LogP contribution in [0.3, 0.4) is 0 Å². The molecule has 1 aromatic heterocycles. The molecule has 1 aromatic rings. The van der Waals surface area contributed by atoms with Gasteiger partial charge in [-0.3, -0.25) is 0 Å². The van der Waals surface area contributed by atoms with E-state index in [2.05, 4.69) is 4.98 Å². The fourth-order valence-corrected chi connectivity index (χ4v) is 1.19. The number of alkyl halides is 3. The standard InChI is InChI=1S/C12H16F3NO2/c1-8(2)17-7-9(3)18-11-5-4-10(6-16-11)12(13,14)15/h4-6,8-9H,7H2,1-3H3. The van der Waals surface area contributed by atoms with E-state index in [1.165, 1.54) is 6.07 Å². The third-order valence-electron chi connectivity index (χ3n) is 2.05. The summed E-state index contributed by atoms with van der Waals surface area (Å²) in [5.41, 5.74) is -0.791. The highest BCUT2D eigenvalue weighted by Gasteiger charge is 2.30. The van der Waals surface area contributed by atoms with Gasteiger partial charge in [0.1, 0.15) is 6.10 Å². The normalized spacial score (nSPS) is 13.7. The van der Waals surface area contributed by atoms with Crippen molar-refractivity contribution in [3.63, 3.8) is 0 Å². The lowest BCUT2D eigenvalue weighted by Gasteiger charge is -2.16. The third kappa shape index (κ3) is 4.91. The Morgan fingerprint density at radius 3 is 2.33 bits per heavy atom. The zero-order chi connectivity index (χ0) is 13.8. The van der Waals surface area contributed by atoms with E-state index in [0.717, 1.165) is 12.3 Å². The molecular weight excluding hydrogens is 247 g/mol. The first-order valence-electron chi connectivity index (χ1n) is 5.60. The van der Waals surface area contributed by atoms with Gasteiger partial charge in [0, 0.05) is 12.3 Å². The lowest BCUT2D eigenvalue weighted by molar-refractivity contribution is -0.137. The minimum absolute atomic E-state index is 0.0802. The maximum atomic E-state index is 12.3. The maximum absolute atomic E-state index is 12.3. The summed E-state index contributed by atoms with van der Waals surface area (Å²) in [7, 11) is 0. The predicted octanol–water partition coefficient (Wildman–Crippen LogP) is 3.29. The van der Waals surface area contributed by atoms with Gasteiger partial charge in [0.25, 0.3) is 0 Å². The van der Waals surface area contributed by atoms with Crippen LogP contribution in [0.1, 0.15) is 26.3 Å². The molecular formula is C12H16F3NO2. The quantitative estimate of drug-likeness (QED) is 0.816. The molecule has 0 spiro atoms. The molecule has 0 amide bonds. The van der Waals surface area contributed by atoms with E-state index in [9.17, 15) is 13.2 Å². The first kappa shape index (κ1) is 14.8. The minimum Gasteiger partial charge on any atom is -0.472 e. The largest absolute Gasteiger partial charge is 0.472 e. The molecule has 0 radical (unpaired) electrons. The SMILES string of the molecule is CC(C)OCC(C)Oc1ccc(C(F)(F)F)cn1. The van der Waals surface area contributed by atoms with Gasteiger partial charge in [-0.2, -0.15) is 13.2 Å². The van der Waals surface area contributed by atoms with Crippen molar-refractivity contribution >= 4 is 0 Å². The Morgan fingerprint density at radius 2 is 1.89 bits per heavy atom. The molecule has 0 bridgehead atoms. The van der Waals surface area contributed by atoms with Crippen molar-refractivity contribution in [3.8, 4) is 5.88 Å². The lowest BCUT2D eigenvalue weighted by atomic mass is 10.3. The Hall–Kier alpha value is -1.30. The second-order valence-corrected chi connectivity index (χ2v) is 4.19. The summed E-state index contributed by atoms with van der Waals surface area (Å²) in [4.78, 5) is 3.61. The van der Waals surface area contributed by atoms with E-state index >= 15 is 0 Å². The topological polar surface area (TPSA) is 31.4 Å². The van der Waals surface area contributed by atoms with Gasteiger partial charge >= 0.3 is 6.18 Å². The van der Waals surface area contributed by atoms with E-state index in [1.54, 1.807) is 6.92 Å². The second kappa shape index (κ2) is 6.04. The fraction of sp³-hybridized carbons (Fsp3) is 0.583. The summed E-state index contributed by atoms with van der Waals surface area (Å²) in [6.07, 6.45) is -3.81. The van der Waals surface area contributed by atoms with Crippen LogP contribution in [-0.2, 0) is 10.9 Å². The average Bonchev–Trinajstić information content (AvgIpc) is 2.26. The van der Waals surface area contributed by atoms with Crippen LogP contribution in [0.2, 0.25) is 0 Å². The number of rotatable bonds is 5. The Balaban J connectivity index is 2.53. The Morgan fingerprint density at radius 1 is 1.22 bits per heavy atom. The van der Waals surface area contributed by atoms with Gasteiger partial charge in [0.05, 0.1) is 18.3 Å². The third-order valence-corrected chi connectivity index (χ3v) is 2.05. The molecule has 0 saturated heterocycles. The molecule has 0 aliphatic rings. The summed E-state index contributed by atoms with van der Waals surface area (Å²) < 4.78 is 47.5. The van der Waals surface area contributed by atoms with Gasteiger partial charge in [-0.15, -0.1) is 0 Å². The number of halogens is 3. The van der Waals surface area contributed by atoms with Crippen molar-refractivity contribution in [1.82, 2.24) is 4.98 Å². The van der Waals surface area contributed by atoms with Gasteiger partial charge < -0.3 is 9.47 Å². The molecule has 1 heterocycles. The van der Waals surface area contributed by atoms with Crippen LogP contribution in [0.4, 0.5) is 13.2 Å². The van der Waals surface area contributed by atoms with Crippen LogP contribution >= 0.6 is 0 Å². The van der Waals surface area contributed by atoms with Crippen molar-refractivity contribution in [2.24, 2.45) is 0 Å². The van der Waals surface area contributed by atoms with Gasteiger partial charge in [-0.05, 0) is 26.8 Å². The summed E-state index contributed by atoms with van der Waals surface area (Å²) in [6.45, 7) is 5.91. The number of hydrogen-bond acceptors (Lipinski definition) is 3. The first-order chi connectivity index (χ1) is 8.29. The molecule has 102 valence electrons. The summed E-state index contributed by atoms with van der Waals surface area (Å²) >= 11 is 0. The number of nitrogens with zero attached hydrogens (tertiary/aromatic N) is 1. The van der Waals surface area contributed by atoms with Crippen LogP contribution < -0.4 is 4.74 Å². The van der Waals surface area contributed by atoms with Gasteiger partial charge in [0.2, 0.25) is 5.88 Å². The zero-order valence-corrected chi connectivity index (χ0v) is 10.5. The molecule has 1 atom stereocenters. The smallest absolute Gasteiger partial charge is 0.417 e. The molecule has 0 aliphatic heterocycles. The van der Waals surface area contributed by atoms with Gasteiger partial charge in [-0.1, -0.05) is 0 Å². The molecule has 6 heteroatoms. The molecule has 0 N–H and O–H groups in total. The van der Waals surface area contributed by atoms with Crippen LogP contribution in [-0.4, -0.2) is 23.8 Å². The Kier molecular flexibility index (Phi) is 4.95. The minimum atomic E-state index is -4.38. The zero-order valence-electron chi connectivity index (χ0n) is 10.5. The number of ether oxygens (including phenoxy) is 2. The molecule has 0 aromatic carbocycles. The molecule has 1 rings (SSSR count). The molecule has 18 heavy (non-hydrogen) atoms. The Bertz CT molecular complexity index is 363. The van der Waals surface area contributed by atoms with E-state index in [-0.39, 0.29) is 18.1 Å². The van der Waals surface area contributed by atoms with Gasteiger partial charge in [0.15, 0.2) is 0 Å². The fourth-order valence-electron chi connectivity index (χ4n) is 1.19. The Labute approximate surface area is 104 Å². The van der Waals surface area contributed by atoms with Crippen molar-refractivity contribution in [1.29, 1.82) is 0 Å². The molecule has 0 aliphatic carbocycles. The summed E-state index contributed by atoms with van der Waals surface area (Å²) in [6, 6.07) is 2.15. The average molecular weight is 263 g/mol. The molecule has 0 saturated carbocycles. The van der Waals surface area contributed by atoms with Crippen molar-refractivity contribution in [2.45, 2.75) is 39.2 Å². The van der Waals surface area contributed by atoms with Crippen LogP contribution in [0, 0.1) is 0 Å². The predicted molar refractivity (Wildman–Crippen MR) is 60.4 cm³/mol. The number of hydrogen-bond donors (Lipinski definition) is 0. The van der Waals surface area contributed by atoms with E-state index in [4.69, 9.17) is 9.47 Å². The summed E-state index contributed by atoms with van der Waals surface area (Å²) in [5, 5.41) is 0. The highest BCUT2D eigenvalue weighted by molar-refractivity contribution is 5.20. The highest BCUT2D eigenvalue weighted by Crippen LogP contribution is 2.29. The highest BCUT2D eigenvalue weighted by atomic mass is 19.4. The summed E-state index contributed by atoms with van der Waals surface area (Å²) in [5.74, 6) is 0.155.